The first kappa shape index (κ1) is 26.6. The summed E-state index contributed by atoms with van der Waals surface area (Å²) in [5.74, 6) is 0. The molecule has 0 bridgehead atoms. The topological polar surface area (TPSA) is 72.6 Å². The highest BCUT2D eigenvalue weighted by Crippen LogP contribution is 2.49. The van der Waals surface area contributed by atoms with Gasteiger partial charge in [0, 0.05) is 21.3 Å². The van der Waals surface area contributed by atoms with E-state index < -0.39 is 41.7 Å². The minimum atomic E-state index is -5.10. The largest absolute Gasteiger partial charge is 0.434 e. The van der Waals surface area contributed by atoms with Gasteiger partial charge >= 0.3 is 18.4 Å². The molecular formula is C20H16Cl2F6N2O3. The summed E-state index contributed by atoms with van der Waals surface area (Å²) in [6, 6.07) is 5.99. The van der Waals surface area contributed by atoms with Crippen LogP contribution in [0.15, 0.2) is 36.4 Å². The molecule has 2 aromatic rings. The molecule has 0 radical (unpaired) electrons. The van der Waals surface area contributed by atoms with Crippen LogP contribution in [0, 0.1) is 0 Å². The van der Waals surface area contributed by atoms with Gasteiger partial charge in [-0.1, -0.05) is 36.2 Å². The lowest BCUT2D eigenvalue weighted by atomic mass is 9.92. The normalized spacial score (nSPS) is 18.5. The van der Waals surface area contributed by atoms with Crippen LogP contribution in [0.1, 0.15) is 23.6 Å². The number of cyclic esters (lactones) is 1. The summed E-state index contributed by atoms with van der Waals surface area (Å²) >= 11 is 11.6. The number of halogens is 8. The molecule has 1 fully saturated rings. The number of anilines is 1. The Morgan fingerprint density at radius 3 is 2.09 bits per heavy atom. The number of alkyl halides is 6. The maximum absolute atomic E-state index is 14.0. The van der Waals surface area contributed by atoms with E-state index in [-0.39, 0.29) is 34.1 Å². The van der Waals surface area contributed by atoms with E-state index in [2.05, 4.69) is 5.73 Å². The van der Waals surface area contributed by atoms with E-state index in [9.17, 15) is 31.1 Å². The number of amides is 2. The molecule has 180 valence electrons. The third-order valence-electron chi connectivity index (χ3n) is 4.74. The standard InChI is InChI=1S/C19H13Cl2F6NO2.CH3NO/c1-2-10-3-4-14(8-15(10)18(22,23)24)28-9-17(19(25,26)27,30-16(28)29)11-5-12(20)7-13(21)6-11;2-1-3/h3-8H,2,9H2,1H3;1H,(H2,2,3). The van der Waals surface area contributed by atoms with Gasteiger partial charge in [0.05, 0.1) is 12.1 Å². The smallest absolute Gasteiger partial charge is 0.426 e. The molecule has 2 N–H and O–H groups in total. The molecular weight excluding hydrogens is 501 g/mol. The minimum Gasteiger partial charge on any atom is -0.426 e. The van der Waals surface area contributed by atoms with Crippen LogP contribution in [0.25, 0.3) is 0 Å². The van der Waals surface area contributed by atoms with Gasteiger partial charge in [0.2, 0.25) is 6.41 Å². The lowest BCUT2D eigenvalue weighted by Crippen LogP contribution is -2.46. The monoisotopic (exact) mass is 516 g/mol. The second-order valence-electron chi connectivity index (χ2n) is 6.77. The Kier molecular flexibility index (Phi) is 7.80. The molecule has 2 amide bonds. The van der Waals surface area contributed by atoms with E-state index in [4.69, 9.17) is 32.7 Å². The molecule has 1 unspecified atom stereocenters. The molecule has 0 spiro atoms. The third-order valence-corrected chi connectivity index (χ3v) is 5.18. The Morgan fingerprint density at radius 1 is 1.09 bits per heavy atom. The van der Waals surface area contributed by atoms with Gasteiger partial charge in [-0.2, -0.15) is 26.3 Å². The van der Waals surface area contributed by atoms with E-state index in [0.717, 1.165) is 24.3 Å². The van der Waals surface area contributed by atoms with Gasteiger partial charge in [0.1, 0.15) is 0 Å². The van der Waals surface area contributed by atoms with Crippen LogP contribution >= 0.6 is 23.2 Å². The van der Waals surface area contributed by atoms with Gasteiger partial charge in [0.25, 0.3) is 5.60 Å². The first-order valence-corrected chi connectivity index (χ1v) is 9.85. The van der Waals surface area contributed by atoms with Crippen molar-refractivity contribution in [2.75, 3.05) is 11.4 Å². The second kappa shape index (κ2) is 9.68. The number of carbonyl (C=O) groups is 2. The molecule has 5 nitrogen and oxygen atoms in total. The highest BCUT2D eigenvalue weighted by atomic mass is 35.5. The quantitative estimate of drug-likeness (QED) is 0.396. The van der Waals surface area contributed by atoms with Gasteiger partial charge in [-0.3, -0.25) is 9.69 Å². The maximum atomic E-state index is 14.0. The molecule has 33 heavy (non-hydrogen) atoms. The number of benzene rings is 2. The number of carbonyl (C=O) groups excluding carboxylic acids is 2. The number of rotatable bonds is 3. The SMILES string of the molecule is CCc1ccc(N2CC(c3cc(Cl)cc(Cl)c3)(C(F)(F)F)OC2=O)cc1C(F)(F)F.NC=O. The van der Waals surface area contributed by atoms with Gasteiger partial charge in [-0.25, -0.2) is 4.79 Å². The van der Waals surface area contributed by atoms with Crippen molar-refractivity contribution in [2.24, 2.45) is 5.73 Å². The van der Waals surface area contributed by atoms with Gasteiger partial charge in [-0.05, 0) is 42.3 Å². The Morgan fingerprint density at radius 2 is 1.64 bits per heavy atom. The fourth-order valence-corrected chi connectivity index (χ4v) is 3.80. The van der Waals surface area contributed by atoms with Crippen LogP contribution < -0.4 is 10.6 Å². The van der Waals surface area contributed by atoms with E-state index in [1.807, 2.05) is 0 Å². The summed E-state index contributed by atoms with van der Waals surface area (Å²) in [6.45, 7) is 0.403. The Hall–Kier alpha value is -2.66. The van der Waals surface area contributed by atoms with Crippen LogP contribution in [0.3, 0.4) is 0 Å². The zero-order valence-corrected chi connectivity index (χ0v) is 18.2. The van der Waals surface area contributed by atoms with Crippen LogP contribution in [0.2, 0.25) is 10.0 Å². The molecule has 1 aliphatic rings. The van der Waals surface area contributed by atoms with E-state index in [1.54, 1.807) is 0 Å². The van der Waals surface area contributed by atoms with Gasteiger partial charge < -0.3 is 10.5 Å². The number of primary amides is 1. The van der Waals surface area contributed by atoms with E-state index in [1.165, 1.54) is 13.0 Å². The van der Waals surface area contributed by atoms with Crippen molar-refractivity contribution in [2.45, 2.75) is 31.3 Å². The maximum Gasteiger partial charge on any atom is 0.434 e. The first-order chi connectivity index (χ1) is 15.2. The lowest BCUT2D eigenvalue weighted by Gasteiger charge is -2.30. The fraction of sp³-hybridized carbons (Fsp3) is 0.300. The minimum absolute atomic E-state index is 0.0487. The number of hydrogen-bond acceptors (Lipinski definition) is 3. The summed E-state index contributed by atoms with van der Waals surface area (Å²) in [5.41, 5.74) is -0.984. The van der Waals surface area contributed by atoms with E-state index >= 15 is 0 Å². The molecule has 3 rings (SSSR count). The molecule has 1 saturated heterocycles. The number of hydrogen-bond donors (Lipinski definition) is 1. The highest BCUT2D eigenvalue weighted by Gasteiger charge is 2.65. The number of nitrogens with two attached hydrogens (primary N) is 1. The Balaban J connectivity index is 0.00000122. The van der Waals surface area contributed by atoms with Crippen molar-refractivity contribution >= 4 is 41.4 Å². The number of aryl methyl sites for hydroxylation is 1. The van der Waals surface area contributed by atoms with Gasteiger partial charge in [0.15, 0.2) is 0 Å². The van der Waals surface area contributed by atoms with Crippen molar-refractivity contribution in [3.8, 4) is 0 Å². The second-order valence-corrected chi connectivity index (χ2v) is 7.64. The molecule has 0 aromatic heterocycles. The molecule has 1 aliphatic heterocycles. The summed E-state index contributed by atoms with van der Waals surface area (Å²) < 4.78 is 86.9. The van der Waals surface area contributed by atoms with Crippen LogP contribution in [0.5, 0.6) is 0 Å². The summed E-state index contributed by atoms with van der Waals surface area (Å²) in [6.07, 6.45) is -11.0. The van der Waals surface area contributed by atoms with Crippen molar-refractivity contribution in [1.29, 1.82) is 0 Å². The Bertz CT molecular complexity index is 1030. The molecule has 0 saturated carbocycles. The summed E-state index contributed by atoms with van der Waals surface area (Å²) in [4.78, 5) is 21.4. The molecule has 0 aliphatic carbocycles. The first-order valence-electron chi connectivity index (χ1n) is 9.09. The fourth-order valence-electron chi connectivity index (χ4n) is 3.27. The van der Waals surface area contributed by atoms with Crippen molar-refractivity contribution in [3.63, 3.8) is 0 Å². The van der Waals surface area contributed by atoms with Crippen molar-refractivity contribution in [1.82, 2.24) is 0 Å². The highest BCUT2D eigenvalue weighted by molar-refractivity contribution is 6.34. The van der Waals surface area contributed by atoms with Gasteiger partial charge in [-0.15, -0.1) is 0 Å². The van der Waals surface area contributed by atoms with E-state index in [0.29, 0.717) is 11.0 Å². The average molecular weight is 517 g/mol. The van der Waals surface area contributed by atoms with Crippen molar-refractivity contribution < 1.29 is 40.7 Å². The van der Waals surface area contributed by atoms with Crippen LogP contribution in [-0.4, -0.2) is 25.2 Å². The van der Waals surface area contributed by atoms with Crippen LogP contribution in [0.4, 0.5) is 36.8 Å². The predicted octanol–water partition coefficient (Wildman–Crippen LogP) is 6.09. The lowest BCUT2D eigenvalue weighted by molar-refractivity contribution is -0.250. The predicted molar refractivity (Wildman–Crippen MR) is 109 cm³/mol. The number of nitrogens with zero attached hydrogens (tertiary/aromatic N) is 1. The summed E-state index contributed by atoms with van der Waals surface area (Å²) in [7, 11) is 0. The molecule has 1 atom stereocenters. The molecule has 2 aromatic carbocycles. The Labute approximate surface area is 194 Å². The average Bonchev–Trinajstić information content (AvgIpc) is 3.05. The summed E-state index contributed by atoms with van der Waals surface area (Å²) in [5, 5.41) is -0.246. The zero-order chi connectivity index (χ0) is 25.2. The third kappa shape index (κ3) is 5.47. The molecule has 1 heterocycles. The number of ether oxygens (including phenoxy) is 1. The zero-order valence-electron chi connectivity index (χ0n) is 16.7. The van der Waals surface area contributed by atoms with Crippen molar-refractivity contribution in [3.05, 3.63) is 63.1 Å². The van der Waals surface area contributed by atoms with Crippen LogP contribution in [-0.2, 0) is 27.7 Å². The molecule has 13 heteroatoms.